The minimum absolute atomic E-state index is 0.0480. The zero-order valence-electron chi connectivity index (χ0n) is 10.4. The van der Waals surface area contributed by atoms with Crippen LogP contribution in [0.4, 0.5) is 0 Å². The van der Waals surface area contributed by atoms with Crippen LogP contribution in [0.15, 0.2) is 0 Å². The van der Waals surface area contributed by atoms with E-state index in [0.717, 1.165) is 25.8 Å². The second-order valence-corrected chi connectivity index (χ2v) is 6.65. The van der Waals surface area contributed by atoms with Crippen LogP contribution < -0.4 is 5.32 Å². The minimum atomic E-state index is -2.91. The molecule has 0 spiro atoms. The lowest BCUT2D eigenvalue weighted by Crippen LogP contribution is -2.41. The van der Waals surface area contributed by atoms with Gasteiger partial charge >= 0.3 is 0 Å². The molecule has 15 heavy (non-hydrogen) atoms. The second kappa shape index (κ2) is 7.23. The Morgan fingerprint density at radius 3 is 2.20 bits per heavy atom. The number of unbranched alkanes of at least 4 members (excludes halogenated alkanes) is 1. The molecular weight excluding hydrogens is 210 g/mol. The van der Waals surface area contributed by atoms with E-state index in [-0.39, 0.29) is 11.3 Å². The smallest absolute Gasteiger partial charge is 0.154 e. The van der Waals surface area contributed by atoms with Crippen LogP contribution in [0, 0.1) is 0 Å². The predicted molar refractivity (Wildman–Crippen MR) is 65.9 cm³/mol. The fourth-order valence-corrected chi connectivity index (χ4v) is 3.16. The summed E-state index contributed by atoms with van der Waals surface area (Å²) in [6.07, 6.45) is 2.74. The molecule has 0 amide bonds. The Morgan fingerprint density at radius 2 is 1.73 bits per heavy atom. The van der Waals surface area contributed by atoms with Crippen LogP contribution in [-0.4, -0.2) is 32.0 Å². The van der Waals surface area contributed by atoms with Gasteiger partial charge in [-0.1, -0.05) is 20.3 Å². The van der Waals surface area contributed by atoms with Gasteiger partial charge in [0.1, 0.15) is 0 Å². The van der Waals surface area contributed by atoms with E-state index in [2.05, 4.69) is 12.2 Å². The van der Waals surface area contributed by atoms with Crippen LogP contribution in [-0.2, 0) is 9.84 Å². The van der Waals surface area contributed by atoms with Gasteiger partial charge in [0.05, 0.1) is 11.0 Å². The molecule has 0 saturated carbocycles. The quantitative estimate of drug-likeness (QED) is 0.700. The highest BCUT2D eigenvalue weighted by molar-refractivity contribution is 7.92. The van der Waals surface area contributed by atoms with Gasteiger partial charge in [-0.2, -0.15) is 0 Å². The molecule has 0 saturated heterocycles. The molecule has 0 aliphatic heterocycles. The van der Waals surface area contributed by atoms with Gasteiger partial charge in [-0.25, -0.2) is 8.42 Å². The third-order valence-corrected chi connectivity index (χ3v) is 5.17. The molecule has 0 bridgehead atoms. The van der Waals surface area contributed by atoms with Gasteiger partial charge in [0.15, 0.2) is 9.84 Å². The topological polar surface area (TPSA) is 46.2 Å². The standard InChI is InChI=1S/C11H25NO2S/c1-5-7-9-15(13,14)11(4)10(3)12-8-6-2/h10-12H,5-9H2,1-4H3. The summed E-state index contributed by atoms with van der Waals surface area (Å²) in [6, 6.07) is 0.0480. The largest absolute Gasteiger partial charge is 0.313 e. The fraction of sp³-hybridized carbons (Fsp3) is 1.00. The van der Waals surface area contributed by atoms with Gasteiger partial charge in [0.25, 0.3) is 0 Å². The van der Waals surface area contributed by atoms with E-state index >= 15 is 0 Å². The van der Waals surface area contributed by atoms with E-state index in [1.807, 2.05) is 13.8 Å². The van der Waals surface area contributed by atoms with Crippen LogP contribution >= 0.6 is 0 Å². The first-order valence-electron chi connectivity index (χ1n) is 5.90. The molecule has 2 atom stereocenters. The van der Waals surface area contributed by atoms with Crippen molar-refractivity contribution in [1.82, 2.24) is 5.32 Å². The lowest BCUT2D eigenvalue weighted by molar-refractivity contribution is 0.508. The van der Waals surface area contributed by atoms with Crippen LogP contribution in [0.2, 0.25) is 0 Å². The van der Waals surface area contributed by atoms with Crippen LogP contribution in [0.5, 0.6) is 0 Å². The second-order valence-electron chi connectivity index (χ2n) is 4.17. The molecule has 0 fully saturated rings. The Morgan fingerprint density at radius 1 is 1.13 bits per heavy atom. The summed E-state index contributed by atoms with van der Waals surface area (Å²) in [5, 5.41) is 2.95. The zero-order chi connectivity index (χ0) is 11.9. The van der Waals surface area contributed by atoms with Crippen LogP contribution in [0.25, 0.3) is 0 Å². The maximum atomic E-state index is 11.9. The third kappa shape index (κ3) is 5.52. The molecule has 0 heterocycles. The number of rotatable bonds is 8. The molecule has 0 radical (unpaired) electrons. The summed E-state index contributed by atoms with van der Waals surface area (Å²) in [5.74, 6) is 0.322. The molecule has 0 aliphatic rings. The zero-order valence-corrected chi connectivity index (χ0v) is 11.2. The number of nitrogens with one attached hydrogen (secondary N) is 1. The Hall–Kier alpha value is -0.0900. The first kappa shape index (κ1) is 14.9. The number of hydrogen-bond donors (Lipinski definition) is 1. The Balaban J connectivity index is 4.21. The van der Waals surface area contributed by atoms with Gasteiger partial charge in [-0.15, -0.1) is 0 Å². The normalized spacial score (nSPS) is 16.3. The molecule has 0 aliphatic carbocycles. The monoisotopic (exact) mass is 235 g/mol. The van der Waals surface area contributed by atoms with Crippen molar-refractivity contribution in [3.8, 4) is 0 Å². The average molecular weight is 235 g/mol. The Labute approximate surface area is 94.6 Å². The molecule has 2 unspecified atom stereocenters. The maximum Gasteiger partial charge on any atom is 0.154 e. The van der Waals surface area contributed by atoms with E-state index < -0.39 is 9.84 Å². The average Bonchev–Trinajstić information content (AvgIpc) is 2.21. The van der Waals surface area contributed by atoms with Crippen molar-refractivity contribution in [2.24, 2.45) is 0 Å². The van der Waals surface area contributed by atoms with Crippen molar-refractivity contribution in [3.05, 3.63) is 0 Å². The summed E-state index contributed by atoms with van der Waals surface area (Å²) >= 11 is 0. The molecule has 0 aromatic rings. The lowest BCUT2D eigenvalue weighted by atomic mass is 10.2. The van der Waals surface area contributed by atoms with E-state index in [4.69, 9.17) is 0 Å². The molecule has 3 nitrogen and oxygen atoms in total. The first-order chi connectivity index (χ1) is 6.95. The molecular formula is C11H25NO2S. The maximum absolute atomic E-state index is 11.9. The van der Waals surface area contributed by atoms with Gasteiger partial charge in [0, 0.05) is 6.04 Å². The van der Waals surface area contributed by atoms with E-state index in [9.17, 15) is 8.42 Å². The summed E-state index contributed by atoms with van der Waals surface area (Å²) in [7, 11) is -2.91. The SMILES string of the molecule is CCCCS(=O)(=O)C(C)C(C)NCCC. The van der Waals surface area contributed by atoms with Crippen molar-refractivity contribution in [1.29, 1.82) is 0 Å². The molecule has 92 valence electrons. The van der Waals surface area contributed by atoms with Gasteiger partial charge in [0.2, 0.25) is 0 Å². The summed E-state index contributed by atoms with van der Waals surface area (Å²) in [6.45, 7) is 8.73. The molecule has 1 N–H and O–H groups in total. The third-order valence-electron chi connectivity index (χ3n) is 2.77. The summed E-state index contributed by atoms with van der Waals surface area (Å²) in [4.78, 5) is 0. The highest BCUT2D eigenvalue weighted by atomic mass is 32.2. The molecule has 0 rings (SSSR count). The van der Waals surface area contributed by atoms with Crippen molar-refractivity contribution >= 4 is 9.84 Å². The number of sulfone groups is 1. The fourth-order valence-electron chi connectivity index (χ4n) is 1.38. The molecule has 4 heteroatoms. The minimum Gasteiger partial charge on any atom is -0.313 e. The Bertz CT molecular complexity index is 249. The van der Waals surface area contributed by atoms with Gasteiger partial charge in [-0.05, 0) is 33.2 Å². The molecule has 0 aromatic carbocycles. The van der Waals surface area contributed by atoms with Crippen molar-refractivity contribution < 1.29 is 8.42 Å². The highest BCUT2D eigenvalue weighted by Gasteiger charge is 2.25. The highest BCUT2D eigenvalue weighted by Crippen LogP contribution is 2.09. The van der Waals surface area contributed by atoms with Gasteiger partial charge < -0.3 is 5.32 Å². The van der Waals surface area contributed by atoms with Crippen molar-refractivity contribution in [3.63, 3.8) is 0 Å². The summed E-state index contributed by atoms with van der Waals surface area (Å²) in [5.41, 5.74) is 0. The van der Waals surface area contributed by atoms with E-state index in [1.165, 1.54) is 0 Å². The van der Waals surface area contributed by atoms with Crippen LogP contribution in [0.1, 0.15) is 47.0 Å². The van der Waals surface area contributed by atoms with Crippen LogP contribution in [0.3, 0.4) is 0 Å². The van der Waals surface area contributed by atoms with Gasteiger partial charge in [-0.3, -0.25) is 0 Å². The van der Waals surface area contributed by atoms with E-state index in [1.54, 1.807) is 6.92 Å². The number of hydrogen-bond acceptors (Lipinski definition) is 3. The molecule has 0 aromatic heterocycles. The van der Waals surface area contributed by atoms with Crippen molar-refractivity contribution in [2.75, 3.05) is 12.3 Å². The predicted octanol–water partition coefficient (Wildman–Crippen LogP) is 1.98. The van der Waals surface area contributed by atoms with Crippen molar-refractivity contribution in [2.45, 2.75) is 58.2 Å². The Kier molecular flexibility index (Phi) is 7.18. The first-order valence-corrected chi connectivity index (χ1v) is 7.62. The van der Waals surface area contributed by atoms with E-state index in [0.29, 0.717) is 5.75 Å². The summed E-state index contributed by atoms with van der Waals surface area (Å²) < 4.78 is 23.7. The lowest BCUT2D eigenvalue weighted by Gasteiger charge is -2.21.